The molecular weight excluding hydrogens is 226 g/mol. The number of hydrogen-bond acceptors (Lipinski definition) is 2. The molecule has 0 fully saturated rings. The summed E-state index contributed by atoms with van der Waals surface area (Å²) in [5, 5.41) is 8.98. The molecule has 0 aromatic heterocycles. The molecule has 3 heteroatoms. The molecule has 18 heavy (non-hydrogen) atoms. The lowest BCUT2D eigenvalue weighted by Crippen LogP contribution is -2.33. The number of carboxylic acid groups (broad SMARTS) is 1. The molecule has 0 radical (unpaired) electrons. The van der Waals surface area contributed by atoms with Crippen LogP contribution in [-0.2, 0) is 4.79 Å². The monoisotopic (exact) mass is 247 g/mol. The van der Waals surface area contributed by atoms with Gasteiger partial charge < -0.3 is 5.11 Å². The van der Waals surface area contributed by atoms with E-state index in [0.717, 1.165) is 5.57 Å². The van der Waals surface area contributed by atoms with Gasteiger partial charge in [-0.1, -0.05) is 60.8 Å². The van der Waals surface area contributed by atoms with Crippen molar-refractivity contribution >= 4 is 5.97 Å². The summed E-state index contributed by atoms with van der Waals surface area (Å²) >= 11 is 0. The van der Waals surface area contributed by atoms with E-state index in [-0.39, 0.29) is 0 Å². The van der Waals surface area contributed by atoms with Crippen LogP contribution in [0.2, 0.25) is 0 Å². The molecule has 0 aromatic carbocycles. The molecule has 1 atom stereocenters. The van der Waals surface area contributed by atoms with Crippen LogP contribution in [0.15, 0.2) is 60.8 Å². The largest absolute Gasteiger partial charge is 0.480 e. The highest BCUT2D eigenvalue weighted by Crippen LogP contribution is 2.01. The molecule has 0 aliphatic rings. The lowest BCUT2D eigenvalue weighted by Gasteiger charge is -2.15. The van der Waals surface area contributed by atoms with Crippen molar-refractivity contribution in [2.45, 2.75) is 13.0 Å². The van der Waals surface area contributed by atoms with Crippen LogP contribution in [0.3, 0.4) is 0 Å². The maximum atomic E-state index is 10.9. The van der Waals surface area contributed by atoms with Crippen molar-refractivity contribution in [3.63, 3.8) is 0 Å². The minimum absolute atomic E-state index is 0.599. The summed E-state index contributed by atoms with van der Waals surface area (Å²) in [6.45, 7) is 5.49. The molecule has 0 saturated carbocycles. The zero-order chi connectivity index (χ0) is 14.0. The molecule has 1 unspecified atom stereocenters. The quantitative estimate of drug-likeness (QED) is 0.703. The van der Waals surface area contributed by atoms with Crippen LogP contribution in [-0.4, -0.2) is 36.1 Å². The Morgan fingerprint density at radius 1 is 1.22 bits per heavy atom. The van der Waals surface area contributed by atoms with Gasteiger partial charge in [-0.3, -0.25) is 9.69 Å². The lowest BCUT2D eigenvalue weighted by molar-refractivity contribution is -0.140. The fourth-order valence-electron chi connectivity index (χ4n) is 1.19. The van der Waals surface area contributed by atoms with Crippen LogP contribution in [0.1, 0.15) is 6.92 Å². The molecular formula is C15H21NO2. The first-order chi connectivity index (χ1) is 8.49. The van der Waals surface area contributed by atoms with E-state index >= 15 is 0 Å². The van der Waals surface area contributed by atoms with E-state index in [1.165, 1.54) is 0 Å². The SMILES string of the molecule is C=C\C=C/C=C/C=C(C)\C=C\C(C(=O)O)N(C)C. The highest BCUT2D eigenvalue weighted by atomic mass is 16.4. The highest BCUT2D eigenvalue weighted by Gasteiger charge is 2.15. The summed E-state index contributed by atoms with van der Waals surface area (Å²) in [5.41, 5.74) is 0.992. The Bertz CT molecular complexity index is 387. The van der Waals surface area contributed by atoms with Crippen molar-refractivity contribution in [1.82, 2.24) is 4.90 Å². The number of allylic oxidation sites excluding steroid dienone is 8. The van der Waals surface area contributed by atoms with Gasteiger partial charge >= 0.3 is 5.97 Å². The fourth-order valence-corrected chi connectivity index (χ4v) is 1.19. The Balaban J connectivity index is 4.53. The van der Waals surface area contributed by atoms with E-state index in [4.69, 9.17) is 5.11 Å². The minimum Gasteiger partial charge on any atom is -0.480 e. The topological polar surface area (TPSA) is 40.5 Å². The van der Waals surface area contributed by atoms with E-state index in [1.807, 2.05) is 37.3 Å². The van der Waals surface area contributed by atoms with Gasteiger partial charge in [0.25, 0.3) is 0 Å². The third-order valence-corrected chi connectivity index (χ3v) is 2.18. The molecule has 0 rings (SSSR count). The third kappa shape index (κ3) is 7.41. The predicted octanol–water partition coefficient (Wildman–Crippen LogP) is 2.80. The number of rotatable bonds is 7. The Morgan fingerprint density at radius 2 is 1.83 bits per heavy atom. The van der Waals surface area contributed by atoms with Crippen molar-refractivity contribution in [2.75, 3.05) is 14.1 Å². The van der Waals surface area contributed by atoms with Crippen LogP contribution in [0.25, 0.3) is 0 Å². The first kappa shape index (κ1) is 16.1. The number of hydrogen-bond donors (Lipinski definition) is 1. The number of aliphatic carboxylic acids is 1. The second-order valence-corrected chi connectivity index (χ2v) is 4.02. The van der Waals surface area contributed by atoms with Crippen molar-refractivity contribution in [1.29, 1.82) is 0 Å². The van der Waals surface area contributed by atoms with Crippen LogP contribution >= 0.6 is 0 Å². The summed E-state index contributed by atoms with van der Waals surface area (Å²) in [4.78, 5) is 12.6. The Kier molecular flexibility index (Phi) is 8.24. The molecule has 0 saturated heterocycles. The van der Waals surface area contributed by atoms with Crippen molar-refractivity contribution < 1.29 is 9.90 Å². The maximum Gasteiger partial charge on any atom is 0.324 e. The van der Waals surface area contributed by atoms with Crippen molar-refractivity contribution in [3.8, 4) is 0 Å². The Labute approximate surface area is 109 Å². The Hall–Kier alpha value is -1.87. The van der Waals surface area contributed by atoms with Gasteiger partial charge in [-0.15, -0.1) is 0 Å². The van der Waals surface area contributed by atoms with Gasteiger partial charge in [0, 0.05) is 0 Å². The molecule has 0 aliphatic carbocycles. The molecule has 0 amide bonds. The summed E-state index contributed by atoms with van der Waals surface area (Å²) < 4.78 is 0. The van der Waals surface area contributed by atoms with Crippen LogP contribution in [0.4, 0.5) is 0 Å². The van der Waals surface area contributed by atoms with Crippen LogP contribution in [0, 0.1) is 0 Å². The van der Waals surface area contributed by atoms with E-state index in [2.05, 4.69) is 6.58 Å². The summed E-state index contributed by atoms with van der Waals surface area (Å²) in [6, 6.07) is -0.599. The zero-order valence-electron chi connectivity index (χ0n) is 11.2. The summed E-state index contributed by atoms with van der Waals surface area (Å²) in [6.07, 6.45) is 14.6. The van der Waals surface area contributed by atoms with E-state index in [9.17, 15) is 4.79 Å². The Morgan fingerprint density at radius 3 is 2.33 bits per heavy atom. The second kappa shape index (κ2) is 9.19. The minimum atomic E-state index is -0.853. The van der Waals surface area contributed by atoms with Crippen molar-refractivity contribution in [3.05, 3.63) is 60.8 Å². The molecule has 0 bridgehead atoms. The molecule has 98 valence electrons. The predicted molar refractivity (Wildman–Crippen MR) is 76.5 cm³/mol. The average molecular weight is 247 g/mol. The smallest absolute Gasteiger partial charge is 0.324 e. The average Bonchev–Trinajstić information content (AvgIpc) is 2.28. The summed E-state index contributed by atoms with van der Waals surface area (Å²) in [7, 11) is 3.48. The standard InChI is InChI=1S/C15H21NO2/c1-5-6-7-8-9-10-13(2)11-12-14(15(17)18)16(3)4/h5-12,14H,1H2,2-4H3,(H,17,18)/b7-6-,9-8+,12-11+,13-10-. The van der Waals surface area contributed by atoms with Crippen molar-refractivity contribution in [2.24, 2.45) is 0 Å². The van der Waals surface area contributed by atoms with Gasteiger partial charge in [0.2, 0.25) is 0 Å². The van der Waals surface area contributed by atoms with Gasteiger partial charge in [-0.25, -0.2) is 0 Å². The third-order valence-electron chi connectivity index (χ3n) is 2.18. The normalized spacial score (nSPS) is 15.0. The number of nitrogens with zero attached hydrogens (tertiary/aromatic N) is 1. The first-order valence-corrected chi connectivity index (χ1v) is 5.69. The molecule has 0 spiro atoms. The molecule has 0 aromatic rings. The molecule has 1 N–H and O–H groups in total. The van der Waals surface area contributed by atoms with Gasteiger partial charge in [-0.2, -0.15) is 0 Å². The molecule has 0 aliphatic heterocycles. The van der Waals surface area contributed by atoms with Gasteiger partial charge in [0.15, 0.2) is 0 Å². The summed E-state index contributed by atoms with van der Waals surface area (Å²) in [5.74, 6) is -0.853. The second-order valence-electron chi connectivity index (χ2n) is 4.02. The number of carboxylic acids is 1. The first-order valence-electron chi connectivity index (χ1n) is 5.69. The van der Waals surface area contributed by atoms with Crippen LogP contribution < -0.4 is 0 Å². The van der Waals surface area contributed by atoms with Crippen LogP contribution in [0.5, 0.6) is 0 Å². The molecule has 3 nitrogen and oxygen atoms in total. The van der Waals surface area contributed by atoms with Gasteiger partial charge in [-0.05, 0) is 21.0 Å². The van der Waals surface area contributed by atoms with Gasteiger partial charge in [0.05, 0.1) is 0 Å². The van der Waals surface area contributed by atoms with Gasteiger partial charge in [0.1, 0.15) is 6.04 Å². The highest BCUT2D eigenvalue weighted by molar-refractivity contribution is 5.75. The molecule has 0 heterocycles. The number of carbonyl (C=O) groups is 1. The lowest BCUT2D eigenvalue weighted by atomic mass is 10.2. The van der Waals surface area contributed by atoms with E-state index in [0.29, 0.717) is 0 Å². The van der Waals surface area contributed by atoms with E-state index < -0.39 is 12.0 Å². The fraction of sp³-hybridized carbons (Fsp3) is 0.267. The number of likely N-dealkylation sites (N-methyl/N-ethyl adjacent to an activating group) is 1. The zero-order valence-corrected chi connectivity index (χ0v) is 11.2. The van der Waals surface area contributed by atoms with E-state index in [1.54, 1.807) is 37.2 Å². The maximum absolute atomic E-state index is 10.9.